The van der Waals surface area contributed by atoms with Crippen LogP contribution in [0.5, 0.6) is 0 Å². The van der Waals surface area contributed by atoms with Gasteiger partial charge in [0, 0.05) is 23.4 Å². The predicted molar refractivity (Wildman–Crippen MR) is 123 cm³/mol. The monoisotopic (exact) mass is 427 g/mol. The Morgan fingerprint density at radius 2 is 1.81 bits per heavy atom. The highest BCUT2D eigenvalue weighted by molar-refractivity contribution is 7.99. The maximum absolute atomic E-state index is 12.4. The quantitative estimate of drug-likeness (QED) is 0.545. The molecule has 0 unspecified atom stereocenters. The summed E-state index contributed by atoms with van der Waals surface area (Å²) in [6.45, 7) is 3.95. The number of nitrogens with two attached hydrogens (primary N) is 1. The second kappa shape index (κ2) is 9.80. The van der Waals surface area contributed by atoms with Gasteiger partial charge in [-0.3, -0.25) is 4.79 Å². The maximum atomic E-state index is 12.4. The molecule has 0 saturated heterocycles. The van der Waals surface area contributed by atoms with E-state index in [-0.39, 0.29) is 29.3 Å². The zero-order valence-corrected chi connectivity index (χ0v) is 18.1. The highest BCUT2D eigenvalue weighted by Crippen LogP contribution is 2.35. The number of pyridine rings is 1. The number of nitrogen functional groups attached to an aromatic ring is 1. The number of aryl methyl sites for hydroxylation is 2. The van der Waals surface area contributed by atoms with Crippen LogP contribution in [0.2, 0.25) is 0 Å². The van der Waals surface area contributed by atoms with E-state index >= 15 is 0 Å². The van der Waals surface area contributed by atoms with Gasteiger partial charge in [0.25, 0.3) is 0 Å². The normalized spacial score (nSPS) is 10.2. The minimum Gasteiger partial charge on any atom is -0.383 e. The lowest BCUT2D eigenvalue weighted by molar-refractivity contribution is -0.115. The highest BCUT2D eigenvalue weighted by Gasteiger charge is 2.20. The number of anilines is 2. The zero-order valence-electron chi connectivity index (χ0n) is 17.3. The van der Waals surface area contributed by atoms with Crippen molar-refractivity contribution in [2.24, 2.45) is 0 Å². The lowest BCUT2D eigenvalue weighted by Gasteiger charge is -2.13. The van der Waals surface area contributed by atoms with Crippen LogP contribution in [0.15, 0.2) is 53.6 Å². The fourth-order valence-electron chi connectivity index (χ4n) is 3.20. The maximum Gasteiger partial charge on any atom is 0.225 e. The molecule has 0 fully saturated rings. The van der Waals surface area contributed by atoms with Crippen molar-refractivity contribution in [3.63, 3.8) is 0 Å². The van der Waals surface area contributed by atoms with Crippen molar-refractivity contribution >= 4 is 29.2 Å². The first-order valence-corrected chi connectivity index (χ1v) is 10.6. The number of nitrogens with zero attached hydrogens (tertiary/aromatic N) is 3. The number of carbonyl (C=O) groups is 1. The molecule has 0 aliphatic carbocycles. The van der Waals surface area contributed by atoms with Crippen molar-refractivity contribution in [2.75, 3.05) is 16.8 Å². The molecule has 0 spiro atoms. The Morgan fingerprint density at radius 1 is 1.10 bits per heavy atom. The van der Waals surface area contributed by atoms with E-state index in [1.165, 1.54) is 11.8 Å². The van der Waals surface area contributed by atoms with Crippen LogP contribution in [0.4, 0.5) is 11.5 Å². The molecule has 0 bridgehead atoms. The number of nitriles is 2. The lowest BCUT2D eigenvalue weighted by Crippen LogP contribution is -2.13. The average molecular weight is 428 g/mol. The molecular formula is C24H21N5OS. The van der Waals surface area contributed by atoms with E-state index in [9.17, 15) is 15.3 Å². The summed E-state index contributed by atoms with van der Waals surface area (Å²) in [7, 11) is 0. The number of carbonyl (C=O) groups excluding carboxylic acids is 1. The van der Waals surface area contributed by atoms with E-state index in [1.807, 2.05) is 62.4 Å². The molecule has 1 aromatic heterocycles. The molecule has 3 aromatic rings. The average Bonchev–Trinajstić information content (AvgIpc) is 2.76. The number of hydrogen-bond acceptors (Lipinski definition) is 6. The van der Waals surface area contributed by atoms with Crippen LogP contribution in [0, 0.1) is 36.5 Å². The topological polar surface area (TPSA) is 116 Å². The van der Waals surface area contributed by atoms with Crippen LogP contribution in [-0.4, -0.2) is 16.6 Å². The Balaban J connectivity index is 1.79. The van der Waals surface area contributed by atoms with Gasteiger partial charge in [0.2, 0.25) is 5.91 Å². The third-order valence-electron chi connectivity index (χ3n) is 4.70. The molecular weight excluding hydrogens is 406 g/mol. The molecule has 1 heterocycles. The number of amides is 1. The Bertz CT molecular complexity index is 1210. The predicted octanol–water partition coefficient (Wildman–Crippen LogP) is 4.81. The Kier molecular flexibility index (Phi) is 6.92. The van der Waals surface area contributed by atoms with E-state index in [1.54, 1.807) is 0 Å². The van der Waals surface area contributed by atoms with Crippen LogP contribution in [0.25, 0.3) is 11.1 Å². The van der Waals surface area contributed by atoms with Crippen LogP contribution in [-0.2, 0) is 4.79 Å². The highest BCUT2D eigenvalue weighted by atomic mass is 32.2. The summed E-state index contributed by atoms with van der Waals surface area (Å²) in [6.07, 6.45) is 0.241. The summed E-state index contributed by atoms with van der Waals surface area (Å²) in [5, 5.41) is 22.7. The SMILES string of the molecule is Cc1ccc(NC(=O)CCSc2nc(N)c(C#N)c(-c3ccccc3)c2C#N)c(C)c1. The first-order chi connectivity index (χ1) is 14.9. The second-order valence-corrected chi connectivity index (χ2v) is 8.07. The summed E-state index contributed by atoms with van der Waals surface area (Å²) in [5.74, 6) is 0.364. The van der Waals surface area contributed by atoms with Gasteiger partial charge in [0.1, 0.15) is 28.5 Å². The van der Waals surface area contributed by atoms with Gasteiger partial charge in [0.15, 0.2) is 0 Å². The third kappa shape index (κ3) is 5.03. The molecule has 3 rings (SSSR count). The van der Waals surface area contributed by atoms with Crippen LogP contribution < -0.4 is 11.1 Å². The summed E-state index contributed by atoms with van der Waals surface area (Å²) in [6, 6.07) is 19.2. The minimum absolute atomic E-state index is 0.0718. The van der Waals surface area contributed by atoms with Crippen molar-refractivity contribution in [1.29, 1.82) is 10.5 Å². The van der Waals surface area contributed by atoms with Crippen molar-refractivity contribution in [3.05, 3.63) is 70.8 Å². The number of thioether (sulfide) groups is 1. The van der Waals surface area contributed by atoms with E-state index < -0.39 is 0 Å². The molecule has 3 N–H and O–H groups in total. The van der Waals surface area contributed by atoms with Gasteiger partial charge in [-0.15, -0.1) is 11.8 Å². The van der Waals surface area contributed by atoms with Gasteiger partial charge in [-0.05, 0) is 31.0 Å². The standard InChI is InChI=1S/C24H21N5OS/c1-15-8-9-20(16(2)12-15)28-21(30)10-11-31-24-19(14-26)22(17-6-4-3-5-7-17)18(13-25)23(27)29-24/h3-9,12H,10-11H2,1-2H3,(H2,27,29)(H,28,30). The van der Waals surface area contributed by atoms with E-state index in [0.29, 0.717) is 16.3 Å². The molecule has 6 nitrogen and oxygen atoms in total. The van der Waals surface area contributed by atoms with Crippen molar-refractivity contribution < 1.29 is 4.79 Å². The number of aromatic nitrogens is 1. The van der Waals surface area contributed by atoms with Crippen molar-refractivity contribution in [3.8, 4) is 23.3 Å². The number of hydrogen-bond donors (Lipinski definition) is 2. The molecule has 2 aromatic carbocycles. The molecule has 31 heavy (non-hydrogen) atoms. The molecule has 154 valence electrons. The smallest absolute Gasteiger partial charge is 0.225 e. The fraction of sp³-hybridized carbons (Fsp3) is 0.167. The third-order valence-corrected chi connectivity index (χ3v) is 5.68. The van der Waals surface area contributed by atoms with Gasteiger partial charge in [-0.1, -0.05) is 48.0 Å². The zero-order chi connectivity index (χ0) is 22.4. The first kappa shape index (κ1) is 21.9. The van der Waals surface area contributed by atoms with E-state index in [4.69, 9.17) is 5.73 Å². The fourth-order valence-corrected chi connectivity index (χ4v) is 4.14. The lowest BCUT2D eigenvalue weighted by atomic mass is 9.97. The largest absolute Gasteiger partial charge is 0.383 e. The van der Waals surface area contributed by atoms with E-state index in [0.717, 1.165) is 22.4 Å². The van der Waals surface area contributed by atoms with Gasteiger partial charge < -0.3 is 11.1 Å². The molecule has 0 atom stereocenters. The van der Waals surface area contributed by atoms with Crippen LogP contribution in [0.3, 0.4) is 0 Å². The Hall–Kier alpha value is -3.81. The Morgan fingerprint density at radius 3 is 2.45 bits per heavy atom. The second-order valence-electron chi connectivity index (χ2n) is 6.98. The summed E-state index contributed by atoms with van der Waals surface area (Å²) in [4.78, 5) is 16.6. The van der Waals surface area contributed by atoms with Crippen LogP contribution >= 0.6 is 11.8 Å². The molecule has 0 saturated carbocycles. The molecule has 0 radical (unpaired) electrons. The van der Waals surface area contributed by atoms with Gasteiger partial charge in [-0.2, -0.15) is 10.5 Å². The van der Waals surface area contributed by atoms with Crippen molar-refractivity contribution in [1.82, 2.24) is 4.98 Å². The van der Waals surface area contributed by atoms with Crippen molar-refractivity contribution in [2.45, 2.75) is 25.3 Å². The molecule has 1 amide bonds. The first-order valence-electron chi connectivity index (χ1n) is 9.63. The number of rotatable bonds is 6. The molecule has 7 heteroatoms. The summed E-state index contributed by atoms with van der Waals surface area (Å²) < 4.78 is 0. The van der Waals surface area contributed by atoms with Crippen LogP contribution in [0.1, 0.15) is 28.7 Å². The van der Waals surface area contributed by atoms with Gasteiger partial charge in [-0.25, -0.2) is 4.98 Å². The molecule has 0 aliphatic rings. The minimum atomic E-state index is -0.122. The Labute approximate surface area is 185 Å². The number of benzene rings is 2. The molecule has 0 aliphatic heterocycles. The summed E-state index contributed by atoms with van der Waals surface area (Å²) >= 11 is 1.28. The van der Waals surface area contributed by atoms with Gasteiger partial charge >= 0.3 is 0 Å². The van der Waals surface area contributed by atoms with E-state index in [2.05, 4.69) is 22.4 Å². The number of nitrogens with one attached hydrogen (secondary N) is 1. The summed E-state index contributed by atoms with van der Waals surface area (Å²) in [5.41, 5.74) is 10.6. The van der Waals surface area contributed by atoms with Gasteiger partial charge in [0.05, 0.1) is 5.56 Å².